The maximum Gasteiger partial charge on any atom is 0.295 e. The Kier molecular flexibility index (Phi) is 6.27. The van der Waals surface area contributed by atoms with Crippen molar-refractivity contribution in [2.75, 3.05) is 27.4 Å². The third-order valence-electron chi connectivity index (χ3n) is 5.39. The number of carbonyl (C=O) groups excluding carboxylic acids is 2. The number of methoxy groups -OCH3 is 2. The summed E-state index contributed by atoms with van der Waals surface area (Å²) in [7, 11) is 3.11. The van der Waals surface area contributed by atoms with Gasteiger partial charge in [0.25, 0.3) is 11.7 Å². The number of nitrogens with zero attached hydrogens (tertiary/aromatic N) is 1. The van der Waals surface area contributed by atoms with Crippen LogP contribution in [0.3, 0.4) is 0 Å². The molecule has 0 bridgehead atoms. The van der Waals surface area contributed by atoms with Crippen molar-refractivity contribution in [3.63, 3.8) is 0 Å². The fraction of sp³-hybridized carbons (Fsp3) is 0.417. The van der Waals surface area contributed by atoms with Gasteiger partial charge < -0.3 is 23.9 Å². The van der Waals surface area contributed by atoms with Crippen molar-refractivity contribution in [1.82, 2.24) is 4.90 Å². The smallest absolute Gasteiger partial charge is 0.295 e. The third-order valence-corrected chi connectivity index (χ3v) is 5.39. The van der Waals surface area contributed by atoms with E-state index in [4.69, 9.17) is 13.9 Å². The number of aliphatic hydroxyl groups is 1. The van der Waals surface area contributed by atoms with E-state index in [1.54, 1.807) is 44.4 Å². The van der Waals surface area contributed by atoms with Gasteiger partial charge in [-0.05, 0) is 42.7 Å². The standard InChI is InChI=1S/C24H29NO6/c1-14-7-9-18(31-14)20-19(22(27)23(28)25(20)11-12-29-5)21(26)15-8-10-17(30-6)16(13-15)24(2,3)4/h7-10,13,20,26H,11-12H2,1-6H3/b21-19-. The highest BCUT2D eigenvalue weighted by Crippen LogP contribution is 2.41. The fourth-order valence-electron chi connectivity index (χ4n) is 3.79. The lowest BCUT2D eigenvalue weighted by Crippen LogP contribution is -2.32. The first-order valence-electron chi connectivity index (χ1n) is 10.1. The highest BCUT2D eigenvalue weighted by atomic mass is 16.5. The molecule has 1 aliphatic rings. The molecule has 2 heterocycles. The number of hydrogen-bond acceptors (Lipinski definition) is 6. The number of likely N-dealkylation sites (tertiary alicyclic amines) is 1. The Labute approximate surface area is 182 Å². The minimum absolute atomic E-state index is 0.000444. The number of Topliss-reactive ketones (excluding diaryl/α,β-unsaturated/α-hetero) is 1. The number of ketones is 1. The Bertz CT molecular complexity index is 1030. The van der Waals surface area contributed by atoms with Crippen LogP contribution in [0.2, 0.25) is 0 Å². The maximum absolute atomic E-state index is 13.0. The highest BCUT2D eigenvalue weighted by molar-refractivity contribution is 6.46. The van der Waals surface area contributed by atoms with Crippen molar-refractivity contribution in [2.45, 2.75) is 39.2 Å². The number of aliphatic hydroxyl groups excluding tert-OH is 1. The number of furan rings is 1. The van der Waals surface area contributed by atoms with Crippen LogP contribution in [0.25, 0.3) is 5.76 Å². The van der Waals surface area contributed by atoms with E-state index < -0.39 is 17.7 Å². The Balaban J connectivity index is 2.19. The van der Waals surface area contributed by atoms with Crippen LogP contribution in [0.4, 0.5) is 0 Å². The molecule has 1 atom stereocenters. The summed E-state index contributed by atoms with van der Waals surface area (Å²) in [5, 5.41) is 11.2. The quantitative estimate of drug-likeness (QED) is 0.426. The molecule has 1 amide bonds. The van der Waals surface area contributed by atoms with Crippen LogP contribution in [-0.4, -0.2) is 49.1 Å². The van der Waals surface area contributed by atoms with Gasteiger partial charge in [-0.15, -0.1) is 0 Å². The second-order valence-electron chi connectivity index (χ2n) is 8.60. The molecule has 1 fully saturated rings. The normalized spacial score (nSPS) is 18.6. The van der Waals surface area contributed by atoms with Crippen molar-refractivity contribution < 1.29 is 28.6 Å². The SMILES string of the molecule is COCCN1C(=O)C(=O)/C(=C(\O)c2ccc(OC)c(C(C)(C)C)c2)C1c1ccc(C)o1. The molecule has 0 aliphatic carbocycles. The molecule has 1 aliphatic heterocycles. The Hall–Kier alpha value is -3.06. The predicted octanol–water partition coefficient (Wildman–Crippen LogP) is 3.96. The van der Waals surface area contributed by atoms with E-state index in [2.05, 4.69) is 0 Å². The van der Waals surface area contributed by atoms with Gasteiger partial charge in [0.15, 0.2) is 0 Å². The zero-order valence-electron chi connectivity index (χ0n) is 18.8. The van der Waals surface area contributed by atoms with Gasteiger partial charge in [-0.1, -0.05) is 20.8 Å². The zero-order valence-corrected chi connectivity index (χ0v) is 18.8. The van der Waals surface area contributed by atoms with Gasteiger partial charge in [-0.3, -0.25) is 9.59 Å². The molecule has 7 nitrogen and oxygen atoms in total. The largest absolute Gasteiger partial charge is 0.507 e. The number of benzene rings is 1. The summed E-state index contributed by atoms with van der Waals surface area (Å²) in [6.45, 7) is 8.32. The maximum atomic E-state index is 13.0. The van der Waals surface area contributed by atoms with E-state index >= 15 is 0 Å². The monoisotopic (exact) mass is 427 g/mol. The van der Waals surface area contributed by atoms with Gasteiger partial charge >= 0.3 is 0 Å². The van der Waals surface area contributed by atoms with Crippen LogP contribution < -0.4 is 4.74 Å². The first-order chi connectivity index (χ1) is 14.6. The molecule has 166 valence electrons. The summed E-state index contributed by atoms with van der Waals surface area (Å²) in [6.07, 6.45) is 0. The molecular formula is C24H29NO6. The van der Waals surface area contributed by atoms with E-state index in [0.717, 1.165) is 5.56 Å². The minimum atomic E-state index is -0.830. The molecule has 1 unspecified atom stereocenters. The number of amides is 1. The third kappa shape index (κ3) is 4.23. The predicted molar refractivity (Wildman–Crippen MR) is 116 cm³/mol. The second-order valence-corrected chi connectivity index (χ2v) is 8.60. The van der Waals surface area contributed by atoms with Crippen LogP contribution in [0, 0.1) is 6.92 Å². The number of carbonyl (C=O) groups is 2. The van der Waals surface area contributed by atoms with E-state index in [9.17, 15) is 14.7 Å². The van der Waals surface area contributed by atoms with Crippen LogP contribution in [0.1, 0.15) is 49.5 Å². The van der Waals surface area contributed by atoms with Gasteiger partial charge in [0.2, 0.25) is 0 Å². The van der Waals surface area contributed by atoms with Gasteiger partial charge in [-0.25, -0.2) is 0 Å². The lowest BCUT2D eigenvalue weighted by atomic mass is 9.84. The lowest BCUT2D eigenvalue weighted by molar-refractivity contribution is -0.140. The Morgan fingerprint density at radius 2 is 1.87 bits per heavy atom. The van der Waals surface area contributed by atoms with E-state index in [1.165, 1.54) is 12.0 Å². The van der Waals surface area contributed by atoms with Crippen molar-refractivity contribution in [3.05, 3.63) is 58.6 Å². The molecule has 2 aromatic rings. The molecule has 31 heavy (non-hydrogen) atoms. The van der Waals surface area contributed by atoms with Crippen molar-refractivity contribution in [2.24, 2.45) is 0 Å². The van der Waals surface area contributed by atoms with Crippen LogP contribution >= 0.6 is 0 Å². The van der Waals surface area contributed by atoms with Crippen LogP contribution in [0.15, 0.2) is 40.3 Å². The minimum Gasteiger partial charge on any atom is -0.507 e. The molecule has 1 aromatic carbocycles. The highest BCUT2D eigenvalue weighted by Gasteiger charge is 2.47. The van der Waals surface area contributed by atoms with Crippen LogP contribution in [0.5, 0.6) is 5.75 Å². The van der Waals surface area contributed by atoms with Gasteiger partial charge in [-0.2, -0.15) is 0 Å². The average molecular weight is 427 g/mol. The number of ether oxygens (including phenoxy) is 2. The summed E-state index contributed by atoms with van der Waals surface area (Å²) in [6, 6.07) is 7.87. The van der Waals surface area contributed by atoms with E-state index in [1.807, 2.05) is 20.8 Å². The lowest BCUT2D eigenvalue weighted by Gasteiger charge is -2.24. The zero-order chi connectivity index (χ0) is 22.9. The molecule has 3 rings (SSSR count). The summed E-state index contributed by atoms with van der Waals surface area (Å²) < 4.78 is 16.3. The van der Waals surface area contributed by atoms with Crippen molar-refractivity contribution >= 4 is 17.4 Å². The molecule has 1 N–H and O–H groups in total. The molecule has 1 saturated heterocycles. The van der Waals surface area contributed by atoms with Gasteiger partial charge in [0, 0.05) is 24.8 Å². The second kappa shape index (κ2) is 8.59. The first kappa shape index (κ1) is 22.6. The molecule has 0 saturated carbocycles. The number of aryl methyl sites for hydroxylation is 1. The van der Waals surface area contributed by atoms with Crippen molar-refractivity contribution in [3.8, 4) is 5.75 Å². The molecule has 0 spiro atoms. The summed E-state index contributed by atoms with van der Waals surface area (Å²) >= 11 is 0. The average Bonchev–Trinajstić information content (AvgIpc) is 3.26. The van der Waals surface area contributed by atoms with Crippen molar-refractivity contribution in [1.29, 1.82) is 0 Å². The fourth-order valence-corrected chi connectivity index (χ4v) is 3.79. The first-order valence-corrected chi connectivity index (χ1v) is 10.1. The van der Waals surface area contributed by atoms with Crippen LogP contribution in [-0.2, 0) is 19.7 Å². The summed E-state index contributed by atoms with van der Waals surface area (Å²) in [5.41, 5.74) is 1.05. The molecular weight excluding hydrogens is 398 g/mol. The summed E-state index contributed by atoms with van der Waals surface area (Å²) in [5.74, 6) is 0.0574. The van der Waals surface area contributed by atoms with Gasteiger partial charge in [0.05, 0.1) is 19.3 Å². The Morgan fingerprint density at radius 3 is 2.42 bits per heavy atom. The summed E-state index contributed by atoms with van der Waals surface area (Å²) in [4.78, 5) is 27.1. The molecule has 0 radical (unpaired) electrons. The Morgan fingerprint density at radius 1 is 1.16 bits per heavy atom. The molecule has 7 heteroatoms. The van der Waals surface area contributed by atoms with E-state index in [-0.39, 0.29) is 29.9 Å². The number of rotatable bonds is 6. The molecule has 1 aromatic heterocycles. The number of hydrogen-bond donors (Lipinski definition) is 1. The van der Waals surface area contributed by atoms with Gasteiger partial charge in [0.1, 0.15) is 29.1 Å². The van der Waals surface area contributed by atoms with E-state index in [0.29, 0.717) is 22.8 Å². The topological polar surface area (TPSA) is 89.2 Å².